The molecular formula is C66H46N4O. The summed E-state index contributed by atoms with van der Waals surface area (Å²) < 4.78 is 9.65. The molecule has 0 N–H and O–H groups in total. The van der Waals surface area contributed by atoms with Gasteiger partial charge in [0.2, 0.25) is 0 Å². The highest BCUT2D eigenvalue weighted by atomic mass is 16.5. The molecule has 0 saturated carbocycles. The molecule has 0 spiro atoms. The van der Waals surface area contributed by atoms with Gasteiger partial charge in [-0.15, -0.1) is 0 Å². The first-order valence-corrected chi connectivity index (χ1v) is 24.2. The van der Waals surface area contributed by atoms with Crippen molar-refractivity contribution in [1.29, 1.82) is 0 Å². The Morgan fingerprint density at radius 1 is 0.324 bits per heavy atom. The van der Waals surface area contributed by atoms with Gasteiger partial charge in [0, 0.05) is 60.8 Å². The molecule has 1 aliphatic heterocycles. The summed E-state index contributed by atoms with van der Waals surface area (Å²) >= 11 is 0. The zero-order chi connectivity index (χ0) is 47.5. The predicted octanol–water partition coefficient (Wildman–Crippen LogP) is 17.1. The first kappa shape index (κ1) is 42.0. The Hall–Kier alpha value is -9.19. The van der Waals surface area contributed by atoms with Crippen molar-refractivity contribution in [2.75, 3.05) is 0 Å². The number of aromatic nitrogens is 4. The number of ether oxygens (including phenoxy) is 1. The second-order valence-electron chi connectivity index (χ2n) is 18.8. The first-order chi connectivity index (χ1) is 34.9. The third-order valence-electron chi connectivity index (χ3n) is 14.1. The van der Waals surface area contributed by atoms with Crippen LogP contribution in [0.2, 0.25) is 0 Å². The number of hydrogen-bond donors (Lipinski definition) is 0. The Kier molecular flexibility index (Phi) is 10.1. The van der Waals surface area contributed by atoms with Crippen LogP contribution in [0.3, 0.4) is 0 Å². The van der Waals surface area contributed by atoms with E-state index in [9.17, 15) is 0 Å². The molecule has 0 bridgehead atoms. The van der Waals surface area contributed by atoms with E-state index >= 15 is 0 Å². The zero-order valence-corrected chi connectivity index (χ0v) is 39.3. The molecule has 10 aromatic carbocycles. The standard InChI is InChI=1S/C66H46N4O/c1-66(2)57-30-16-28-53(45-32-36-52(37-33-45)70-59-38-34-48(43-18-7-3-8-19-43)41-55(59)56-42-49(35-39-60(56)70)44-20-9-4-10-21-44)61(57)71-62-54(29-17-31-58(62)66)50-26-15-27-51(40-50)65-68-63(46-22-11-5-12-23-46)67-64(69-65)47-24-13-6-14-25-47/h3-42H,1-2H3. The minimum Gasteiger partial charge on any atom is -0.455 e. The monoisotopic (exact) mass is 910 g/mol. The zero-order valence-electron chi connectivity index (χ0n) is 39.3. The van der Waals surface area contributed by atoms with Gasteiger partial charge in [-0.05, 0) is 75.8 Å². The largest absolute Gasteiger partial charge is 0.455 e. The highest BCUT2D eigenvalue weighted by Crippen LogP contribution is 2.54. The molecule has 336 valence electrons. The molecule has 0 fully saturated rings. The molecule has 0 amide bonds. The second-order valence-corrected chi connectivity index (χ2v) is 18.8. The number of nitrogens with zero attached hydrogens (tertiary/aromatic N) is 4. The van der Waals surface area contributed by atoms with Crippen LogP contribution < -0.4 is 4.74 Å². The highest BCUT2D eigenvalue weighted by Gasteiger charge is 2.37. The number of rotatable bonds is 8. The lowest BCUT2D eigenvalue weighted by Gasteiger charge is -2.36. The van der Waals surface area contributed by atoms with E-state index in [0.29, 0.717) is 17.5 Å². The van der Waals surface area contributed by atoms with Crippen LogP contribution in [-0.2, 0) is 5.41 Å². The quantitative estimate of drug-likeness (QED) is 0.152. The molecular weight excluding hydrogens is 865 g/mol. The van der Waals surface area contributed by atoms with Crippen LogP contribution in [0.15, 0.2) is 243 Å². The van der Waals surface area contributed by atoms with Gasteiger partial charge in [0.05, 0.1) is 11.0 Å². The van der Waals surface area contributed by atoms with Crippen molar-refractivity contribution in [2.45, 2.75) is 19.3 Å². The molecule has 5 heteroatoms. The van der Waals surface area contributed by atoms with Crippen LogP contribution in [0.25, 0.3) is 106 Å². The van der Waals surface area contributed by atoms with E-state index in [0.717, 1.165) is 78.3 Å². The third-order valence-corrected chi connectivity index (χ3v) is 14.1. The normalized spacial score (nSPS) is 12.6. The van der Waals surface area contributed by atoms with E-state index in [4.69, 9.17) is 19.7 Å². The summed E-state index contributed by atoms with van der Waals surface area (Å²) in [6.07, 6.45) is 0. The number of benzene rings is 10. The molecule has 0 aliphatic carbocycles. The Bertz CT molecular complexity index is 3800. The summed E-state index contributed by atoms with van der Waals surface area (Å²) in [6.45, 7) is 4.60. The van der Waals surface area contributed by atoms with Crippen molar-refractivity contribution in [2.24, 2.45) is 0 Å². The summed E-state index contributed by atoms with van der Waals surface area (Å²) in [6, 6.07) is 85.7. The number of para-hydroxylation sites is 2. The van der Waals surface area contributed by atoms with Crippen molar-refractivity contribution in [3.63, 3.8) is 0 Å². The summed E-state index contributed by atoms with van der Waals surface area (Å²) in [4.78, 5) is 15.0. The van der Waals surface area contributed by atoms with E-state index in [1.54, 1.807) is 0 Å². The molecule has 12 aromatic rings. The van der Waals surface area contributed by atoms with Gasteiger partial charge in [-0.3, -0.25) is 0 Å². The van der Waals surface area contributed by atoms with Gasteiger partial charge >= 0.3 is 0 Å². The van der Waals surface area contributed by atoms with Crippen LogP contribution in [0.4, 0.5) is 0 Å². The lowest BCUT2D eigenvalue weighted by molar-refractivity contribution is 0.421. The molecule has 0 atom stereocenters. The van der Waals surface area contributed by atoms with Gasteiger partial charge in [0.15, 0.2) is 17.5 Å². The van der Waals surface area contributed by atoms with Crippen molar-refractivity contribution < 1.29 is 4.74 Å². The summed E-state index contributed by atoms with van der Waals surface area (Å²) in [5, 5.41) is 2.44. The summed E-state index contributed by atoms with van der Waals surface area (Å²) in [5.41, 5.74) is 17.1. The number of fused-ring (bicyclic) bond motifs is 5. The van der Waals surface area contributed by atoms with Crippen LogP contribution in [0, 0.1) is 0 Å². The lowest BCUT2D eigenvalue weighted by Crippen LogP contribution is -2.25. The molecule has 13 rings (SSSR count). The van der Waals surface area contributed by atoms with Gasteiger partial charge in [-0.1, -0.05) is 214 Å². The second kappa shape index (κ2) is 17.1. The van der Waals surface area contributed by atoms with Crippen LogP contribution >= 0.6 is 0 Å². The number of hydrogen-bond acceptors (Lipinski definition) is 4. The van der Waals surface area contributed by atoms with Crippen LogP contribution in [0.5, 0.6) is 11.5 Å². The van der Waals surface area contributed by atoms with Crippen molar-refractivity contribution in [1.82, 2.24) is 19.5 Å². The van der Waals surface area contributed by atoms with E-state index in [2.05, 4.69) is 200 Å². The van der Waals surface area contributed by atoms with Gasteiger partial charge in [0.1, 0.15) is 11.5 Å². The lowest BCUT2D eigenvalue weighted by atomic mass is 9.74. The molecule has 0 saturated heterocycles. The summed E-state index contributed by atoms with van der Waals surface area (Å²) in [7, 11) is 0. The first-order valence-electron chi connectivity index (χ1n) is 24.2. The average Bonchev–Trinajstić information content (AvgIpc) is 3.77. The fourth-order valence-electron chi connectivity index (χ4n) is 10.5. The maximum Gasteiger partial charge on any atom is 0.164 e. The predicted molar refractivity (Wildman–Crippen MR) is 291 cm³/mol. The topological polar surface area (TPSA) is 52.8 Å². The summed E-state index contributed by atoms with van der Waals surface area (Å²) in [5.74, 6) is 3.59. The Labute approximate surface area is 413 Å². The fourth-order valence-corrected chi connectivity index (χ4v) is 10.5. The third kappa shape index (κ3) is 7.38. The Morgan fingerprint density at radius 2 is 0.718 bits per heavy atom. The fraction of sp³-hybridized carbons (Fsp3) is 0.0455. The molecule has 0 unspecified atom stereocenters. The van der Waals surface area contributed by atoms with E-state index < -0.39 is 0 Å². The average molecular weight is 911 g/mol. The van der Waals surface area contributed by atoms with Gasteiger partial charge in [0.25, 0.3) is 0 Å². The smallest absolute Gasteiger partial charge is 0.164 e. The molecule has 3 heterocycles. The molecule has 1 aliphatic rings. The molecule has 71 heavy (non-hydrogen) atoms. The van der Waals surface area contributed by atoms with E-state index in [1.165, 1.54) is 33.0 Å². The van der Waals surface area contributed by atoms with Crippen molar-refractivity contribution >= 4 is 21.8 Å². The van der Waals surface area contributed by atoms with E-state index in [1.807, 2.05) is 60.7 Å². The van der Waals surface area contributed by atoms with Crippen molar-refractivity contribution in [3.8, 4) is 95.9 Å². The van der Waals surface area contributed by atoms with Gasteiger partial charge in [-0.25, -0.2) is 15.0 Å². The van der Waals surface area contributed by atoms with Gasteiger partial charge < -0.3 is 9.30 Å². The minimum absolute atomic E-state index is 0.351. The molecule has 2 aromatic heterocycles. The van der Waals surface area contributed by atoms with Gasteiger partial charge in [-0.2, -0.15) is 0 Å². The van der Waals surface area contributed by atoms with Crippen molar-refractivity contribution in [3.05, 3.63) is 254 Å². The molecule has 5 nitrogen and oxygen atoms in total. The maximum absolute atomic E-state index is 7.25. The van der Waals surface area contributed by atoms with E-state index in [-0.39, 0.29) is 5.41 Å². The SMILES string of the molecule is CC1(C)c2cccc(-c3ccc(-n4c5ccc(-c6ccccc6)cc5c5cc(-c6ccccc6)ccc54)cc3)c2Oc2c(-c3cccc(-c4nc(-c5ccccc5)nc(-c5ccccc5)n4)c3)cccc21. The van der Waals surface area contributed by atoms with Crippen LogP contribution in [0.1, 0.15) is 25.0 Å². The minimum atomic E-state index is -0.351. The Morgan fingerprint density at radius 3 is 1.21 bits per heavy atom. The Balaban J connectivity index is 0.884. The van der Waals surface area contributed by atoms with Crippen LogP contribution in [-0.4, -0.2) is 19.5 Å². The maximum atomic E-state index is 7.25. The molecule has 0 radical (unpaired) electrons. The highest BCUT2D eigenvalue weighted by molar-refractivity contribution is 6.11.